The fraction of sp³-hybridized carbons (Fsp3) is 0.500. The molecular formula is C12H18O4. The van der Waals surface area contributed by atoms with Crippen LogP contribution in [0.4, 0.5) is 0 Å². The second-order valence-corrected chi connectivity index (χ2v) is 3.04. The molecule has 4 nitrogen and oxygen atoms in total. The van der Waals surface area contributed by atoms with Crippen LogP contribution in [0.25, 0.3) is 0 Å². The van der Waals surface area contributed by atoms with E-state index in [1.807, 2.05) is 0 Å². The number of hydrogen-bond acceptors (Lipinski definition) is 4. The summed E-state index contributed by atoms with van der Waals surface area (Å²) in [6.45, 7) is 4.21. The summed E-state index contributed by atoms with van der Waals surface area (Å²) in [6.07, 6.45) is 7.36. The molecule has 0 aliphatic heterocycles. The van der Waals surface area contributed by atoms with Gasteiger partial charge in [-0.25, -0.2) is 9.59 Å². The molecule has 0 bridgehead atoms. The monoisotopic (exact) mass is 226 g/mol. The van der Waals surface area contributed by atoms with E-state index in [0.717, 1.165) is 0 Å². The molecule has 0 radical (unpaired) electrons. The van der Waals surface area contributed by atoms with Gasteiger partial charge in [-0.05, 0) is 26.7 Å². The van der Waals surface area contributed by atoms with Gasteiger partial charge in [0.05, 0.1) is 13.2 Å². The molecule has 0 fully saturated rings. The molecule has 0 aromatic heterocycles. The normalized spacial score (nSPS) is 10.9. The molecule has 90 valence electrons. The van der Waals surface area contributed by atoms with Crippen molar-refractivity contribution in [2.75, 3.05) is 13.2 Å². The molecule has 0 unspecified atom stereocenters. The average molecular weight is 226 g/mol. The Labute approximate surface area is 95.9 Å². The van der Waals surface area contributed by atoms with Gasteiger partial charge < -0.3 is 9.47 Å². The van der Waals surface area contributed by atoms with Crippen molar-refractivity contribution < 1.29 is 19.1 Å². The topological polar surface area (TPSA) is 52.6 Å². The third-order valence-electron chi connectivity index (χ3n) is 1.63. The van der Waals surface area contributed by atoms with Crippen LogP contribution in [0, 0.1) is 0 Å². The summed E-state index contributed by atoms with van der Waals surface area (Å²) in [5.74, 6) is -0.679. The molecule has 0 aliphatic carbocycles. The lowest BCUT2D eigenvalue weighted by molar-refractivity contribution is -0.140. The SMILES string of the molecule is C/C=C/C(=O)OCCCCOC(=O)/C=C/C. The summed E-state index contributed by atoms with van der Waals surface area (Å²) in [6, 6.07) is 0. The zero-order chi connectivity index (χ0) is 12.2. The van der Waals surface area contributed by atoms with Crippen LogP contribution in [0.1, 0.15) is 26.7 Å². The molecule has 16 heavy (non-hydrogen) atoms. The smallest absolute Gasteiger partial charge is 0.330 e. The summed E-state index contributed by atoms with van der Waals surface area (Å²) in [7, 11) is 0. The van der Waals surface area contributed by atoms with Crippen molar-refractivity contribution in [2.45, 2.75) is 26.7 Å². The van der Waals surface area contributed by atoms with Crippen molar-refractivity contribution in [2.24, 2.45) is 0 Å². The molecular weight excluding hydrogens is 208 g/mol. The zero-order valence-corrected chi connectivity index (χ0v) is 9.77. The maximum absolute atomic E-state index is 10.9. The number of carbonyl (C=O) groups excluding carboxylic acids is 2. The maximum atomic E-state index is 10.9. The Balaban J connectivity index is 3.34. The molecule has 0 aliphatic rings. The van der Waals surface area contributed by atoms with Crippen LogP contribution in [0.3, 0.4) is 0 Å². The second kappa shape index (κ2) is 9.96. The van der Waals surface area contributed by atoms with Gasteiger partial charge in [-0.2, -0.15) is 0 Å². The molecule has 0 spiro atoms. The molecule has 0 amide bonds. The highest BCUT2D eigenvalue weighted by atomic mass is 16.5. The van der Waals surface area contributed by atoms with Gasteiger partial charge in [0.1, 0.15) is 0 Å². The molecule has 4 heteroatoms. The number of rotatable bonds is 7. The van der Waals surface area contributed by atoms with E-state index in [4.69, 9.17) is 9.47 Å². The predicted molar refractivity (Wildman–Crippen MR) is 60.8 cm³/mol. The lowest BCUT2D eigenvalue weighted by atomic mass is 10.3. The lowest BCUT2D eigenvalue weighted by Crippen LogP contribution is -2.05. The number of hydrogen-bond donors (Lipinski definition) is 0. The van der Waals surface area contributed by atoms with Crippen LogP contribution in [0.5, 0.6) is 0 Å². The fourth-order valence-corrected chi connectivity index (χ4v) is 0.918. The molecule has 0 saturated heterocycles. The molecule has 0 aromatic carbocycles. The first-order valence-electron chi connectivity index (χ1n) is 5.29. The van der Waals surface area contributed by atoms with Gasteiger partial charge in [-0.15, -0.1) is 0 Å². The van der Waals surface area contributed by atoms with Crippen molar-refractivity contribution in [3.63, 3.8) is 0 Å². The van der Waals surface area contributed by atoms with Crippen LogP contribution < -0.4 is 0 Å². The third-order valence-corrected chi connectivity index (χ3v) is 1.63. The first kappa shape index (κ1) is 14.4. The number of unbranched alkanes of at least 4 members (excludes halogenated alkanes) is 1. The highest BCUT2D eigenvalue weighted by molar-refractivity contribution is 5.82. The summed E-state index contributed by atoms with van der Waals surface area (Å²) in [5.41, 5.74) is 0. The van der Waals surface area contributed by atoms with Gasteiger partial charge >= 0.3 is 11.9 Å². The van der Waals surface area contributed by atoms with E-state index in [2.05, 4.69) is 0 Å². The van der Waals surface area contributed by atoms with E-state index in [1.54, 1.807) is 26.0 Å². The van der Waals surface area contributed by atoms with E-state index in [1.165, 1.54) is 12.2 Å². The highest BCUT2D eigenvalue weighted by Crippen LogP contribution is 1.93. The van der Waals surface area contributed by atoms with Crippen LogP contribution in [0.2, 0.25) is 0 Å². The predicted octanol–water partition coefficient (Wildman–Crippen LogP) is 2.01. The number of allylic oxidation sites excluding steroid dienone is 2. The Morgan fingerprint density at radius 1 is 0.875 bits per heavy atom. The fourth-order valence-electron chi connectivity index (χ4n) is 0.918. The summed E-state index contributed by atoms with van der Waals surface area (Å²) < 4.78 is 9.71. The first-order chi connectivity index (χ1) is 7.70. The Kier molecular flexibility index (Phi) is 8.97. The van der Waals surface area contributed by atoms with E-state index in [-0.39, 0.29) is 11.9 Å². The molecule has 0 heterocycles. The zero-order valence-electron chi connectivity index (χ0n) is 9.77. The van der Waals surface area contributed by atoms with Crippen molar-refractivity contribution >= 4 is 11.9 Å². The largest absolute Gasteiger partial charge is 0.463 e. The Morgan fingerprint density at radius 2 is 1.25 bits per heavy atom. The van der Waals surface area contributed by atoms with Crippen LogP contribution in [0.15, 0.2) is 24.3 Å². The van der Waals surface area contributed by atoms with Gasteiger partial charge in [-0.3, -0.25) is 0 Å². The lowest BCUT2D eigenvalue weighted by Gasteiger charge is -2.02. The van der Waals surface area contributed by atoms with Crippen molar-refractivity contribution in [3.05, 3.63) is 24.3 Å². The molecule has 0 N–H and O–H groups in total. The van der Waals surface area contributed by atoms with E-state index in [9.17, 15) is 9.59 Å². The van der Waals surface area contributed by atoms with E-state index >= 15 is 0 Å². The maximum Gasteiger partial charge on any atom is 0.330 e. The molecule has 0 rings (SSSR count). The molecule has 0 aromatic rings. The Morgan fingerprint density at radius 3 is 1.56 bits per heavy atom. The minimum absolute atomic E-state index is 0.339. The first-order valence-corrected chi connectivity index (χ1v) is 5.29. The van der Waals surface area contributed by atoms with Gasteiger partial charge in [0.15, 0.2) is 0 Å². The highest BCUT2D eigenvalue weighted by Gasteiger charge is 1.98. The summed E-state index contributed by atoms with van der Waals surface area (Å²) >= 11 is 0. The standard InChI is InChI=1S/C12H18O4/c1-3-7-11(13)15-9-5-6-10-16-12(14)8-4-2/h3-4,7-8H,5-6,9-10H2,1-2H3/b7-3+,8-4+. The van der Waals surface area contributed by atoms with E-state index in [0.29, 0.717) is 26.1 Å². The van der Waals surface area contributed by atoms with Crippen molar-refractivity contribution in [3.8, 4) is 0 Å². The number of esters is 2. The molecule has 0 atom stereocenters. The van der Waals surface area contributed by atoms with Gasteiger partial charge in [0, 0.05) is 12.2 Å². The average Bonchev–Trinajstić information content (AvgIpc) is 2.24. The van der Waals surface area contributed by atoms with E-state index < -0.39 is 0 Å². The van der Waals surface area contributed by atoms with Crippen molar-refractivity contribution in [1.82, 2.24) is 0 Å². The van der Waals surface area contributed by atoms with Crippen molar-refractivity contribution in [1.29, 1.82) is 0 Å². The van der Waals surface area contributed by atoms with Gasteiger partial charge in [0.2, 0.25) is 0 Å². The van der Waals surface area contributed by atoms with Gasteiger partial charge in [0.25, 0.3) is 0 Å². The number of ether oxygens (including phenoxy) is 2. The van der Waals surface area contributed by atoms with Crippen LogP contribution >= 0.6 is 0 Å². The summed E-state index contributed by atoms with van der Waals surface area (Å²) in [4.78, 5) is 21.7. The number of carbonyl (C=O) groups is 2. The third kappa shape index (κ3) is 8.99. The van der Waals surface area contributed by atoms with Gasteiger partial charge in [-0.1, -0.05) is 12.2 Å². The minimum atomic E-state index is -0.339. The minimum Gasteiger partial charge on any atom is -0.463 e. The quantitative estimate of drug-likeness (QED) is 0.378. The summed E-state index contributed by atoms with van der Waals surface area (Å²) in [5, 5.41) is 0. The molecule has 0 saturated carbocycles. The van der Waals surface area contributed by atoms with Crippen LogP contribution in [-0.4, -0.2) is 25.2 Å². The Bertz CT molecular complexity index is 238. The second-order valence-electron chi connectivity index (χ2n) is 3.04. The van der Waals surface area contributed by atoms with Crippen LogP contribution in [-0.2, 0) is 19.1 Å². The Hall–Kier alpha value is -1.58.